The Kier molecular flexibility index (Phi) is 6.81. The number of carboxylic acid groups (broad SMARTS) is 1. The SMILES string of the molecule is CC(CC(=O)N1CCC(c2cc(F)c(C(=O)O)c(F)c2)CC1)OCC12CCC(CC1)OC2. The summed E-state index contributed by atoms with van der Waals surface area (Å²) in [6, 6.07) is 2.21. The van der Waals surface area contributed by atoms with Gasteiger partial charge in [0.15, 0.2) is 0 Å². The van der Waals surface area contributed by atoms with Crippen LogP contribution in [0.4, 0.5) is 8.78 Å². The molecule has 3 aliphatic heterocycles. The number of carboxylic acids is 1. The third-order valence-electron chi connectivity index (χ3n) is 7.35. The smallest absolute Gasteiger partial charge is 0.341 e. The van der Waals surface area contributed by atoms with Crippen LogP contribution in [-0.2, 0) is 14.3 Å². The number of hydrogen-bond acceptors (Lipinski definition) is 4. The van der Waals surface area contributed by atoms with Crippen molar-refractivity contribution in [3.8, 4) is 0 Å². The number of benzene rings is 1. The third kappa shape index (κ3) is 4.96. The number of nitrogens with zero attached hydrogens (tertiary/aromatic N) is 1. The molecule has 2 bridgehead atoms. The van der Waals surface area contributed by atoms with Crippen LogP contribution in [-0.4, -0.2) is 60.4 Å². The van der Waals surface area contributed by atoms with Crippen LogP contribution in [0.2, 0.25) is 0 Å². The van der Waals surface area contributed by atoms with Crippen LogP contribution in [0, 0.1) is 17.0 Å². The van der Waals surface area contributed by atoms with Gasteiger partial charge < -0.3 is 19.5 Å². The number of aromatic carboxylic acids is 1. The van der Waals surface area contributed by atoms with Crippen LogP contribution in [0.25, 0.3) is 0 Å². The maximum atomic E-state index is 14.0. The predicted octanol–water partition coefficient (Wildman–Crippen LogP) is 4.12. The van der Waals surface area contributed by atoms with Gasteiger partial charge >= 0.3 is 5.97 Å². The molecule has 4 aliphatic rings. The molecule has 0 aromatic heterocycles. The molecule has 176 valence electrons. The summed E-state index contributed by atoms with van der Waals surface area (Å²) < 4.78 is 39.9. The molecule has 0 spiro atoms. The normalized spacial score (nSPS) is 26.8. The number of halogens is 2. The van der Waals surface area contributed by atoms with E-state index in [2.05, 4.69) is 0 Å². The predicted molar refractivity (Wildman–Crippen MR) is 113 cm³/mol. The van der Waals surface area contributed by atoms with E-state index in [1.54, 1.807) is 4.90 Å². The van der Waals surface area contributed by atoms with Gasteiger partial charge in [-0.3, -0.25) is 4.79 Å². The van der Waals surface area contributed by atoms with Gasteiger partial charge in [-0.05, 0) is 69.1 Å². The quantitative estimate of drug-likeness (QED) is 0.675. The Balaban J connectivity index is 1.25. The van der Waals surface area contributed by atoms with Crippen molar-refractivity contribution in [1.82, 2.24) is 4.90 Å². The molecule has 1 saturated carbocycles. The Morgan fingerprint density at radius 3 is 2.34 bits per heavy atom. The maximum absolute atomic E-state index is 14.0. The molecule has 3 heterocycles. The monoisotopic (exact) mass is 451 g/mol. The van der Waals surface area contributed by atoms with Gasteiger partial charge in [0.25, 0.3) is 0 Å². The number of ether oxygens (including phenoxy) is 2. The highest BCUT2D eigenvalue weighted by Gasteiger charge is 2.42. The van der Waals surface area contributed by atoms with Crippen molar-refractivity contribution in [3.05, 3.63) is 34.9 Å². The minimum absolute atomic E-state index is 0.0237. The number of rotatable bonds is 7. The first kappa shape index (κ1) is 23.1. The summed E-state index contributed by atoms with van der Waals surface area (Å²) >= 11 is 0. The van der Waals surface area contributed by atoms with E-state index in [0.717, 1.165) is 44.4 Å². The van der Waals surface area contributed by atoms with Crippen LogP contribution >= 0.6 is 0 Å². The molecule has 5 rings (SSSR count). The molecule has 1 aromatic rings. The van der Waals surface area contributed by atoms with Gasteiger partial charge in [0, 0.05) is 18.5 Å². The van der Waals surface area contributed by atoms with Gasteiger partial charge in [0.2, 0.25) is 5.91 Å². The van der Waals surface area contributed by atoms with E-state index >= 15 is 0 Å². The van der Waals surface area contributed by atoms with Gasteiger partial charge in [-0.1, -0.05) is 0 Å². The van der Waals surface area contributed by atoms with Crippen molar-refractivity contribution < 1.29 is 33.0 Å². The van der Waals surface area contributed by atoms with Crippen molar-refractivity contribution in [3.63, 3.8) is 0 Å². The van der Waals surface area contributed by atoms with E-state index in [9.17, 15) is 18.4 Å². The van der Waals surface area contributed by atoms with E-state index in [0.29, 0.717) is 50.6 Å². The number of fused-ring (bicyclic) bond motifs is 3. The topological polar surface area (TPSA) is 76.1 Å². The van der Waals surface area contributed by atoms with Crippen LogP contribution in [0.15, 0.2) is 12.1 Å². The minimum Gasteiger partial charge on any atom is -0.477 e. The molecular formula is C24H31F2NO5. The molecule has 1 aromatic carbocycles. The highest BCUT2D eigenvalue weighted by Crippen LogP contribution is 2.43. The number of carbonyl (C=O) groups excluding carboxylic acids is 1. The van der Waals surface area contributed by atoms with Crippen molar-refractivity contribution >= 4 is 11.9 Å². The second-order valence-electron chi connectivity index (χ2n) is 9.66. The summed E-state index contributed by atoms with van der Waals surface area (Å²) in [5.74, 6) is -3.83. The first-order valence-corrected chi connectivity index (χ1v) is 11.5. The Morgan fingerprint density at radius 2 is 1.81 bits per heavy atom. The fourth-order valence-corrected chi connectivity index (χ4v) is 5.24. The van der Waals surface area contributed by atoms with E-state index in [1.165, 1.54) is 0 Å². The Hall–Kier alpha value is -2.06. The highest BCUT2D eigenvalue weighted by molar-refractivity contribution is 5.88. The first-order valence-electron chi connectivity index (χ1n) is 11.5. The molecular weight excluding hydrogens is 420 g/mol. The zero-order chi connectivity index (χ0) is 22.9. The molecule has 1 atom stereocenters. The Morgan fingerprint density at radius 1 is 1.19 bits per heavy atom. The van der Waals surface area contributed by atoms with Gasteiger partial charge in [-0.2, -0.15) is 0 Å². The van der Waals surface area contributed by atoms with Crippen molar-refractivity contribution in [2.24, 2.45) is 5.41 Å². The molecule has 0 radical (unpaired) electrons. The number of likely N-dealkylation sites (tertiary alicyclic amines) is 1. The molecule has 1 unspecified atom stereocenters. The van der Waals surface area contributed by atoms with Gasteiger partial charge in [0.05, 0.1) is 31.8 Å². The van der Waals surface area contributed by atoms with E-state index in [-0.39, 0.29) is 23.3 Å². The van der Waals surface area contributed by atoms with E-state index in [1.807, 2.05) is 6.92 Å². The second-order valence-corrected chi connectivity index (χ2v) is 9.66. The number of hydrogen-bond donors (Lipinski definition) is 1. The standard InChI is InChI=1S/C24H31F2NO5/c1-15(31-13-24-6-2-18(3-7-24)32-14-24)10-21(28)27-8-4-16(5-9-27)17-11-19(25)22(23(29)30)20(26)12-17/h11-12,15-16,18H,2-10,13-14H2,1H3,(H,29,30). The highest BCUT2D eigenvalue weighted by atomic mass is 19.1. The number of amides is 1. The molecule has 6 nitrogen and oxygen atoms in total. The van der Waals surface area contributed by atoms with Crippen LogP contribution in [0.1, 0.15) is 73.7 Å². The second kappa shape index (κ2) is 9.43. The summed E-state index contributed by atoms with van der Waals surface area (Å²) in [5, 5.41) is 8.92. The summed E-state index contributed by atoms with van der Waals surface area (Å²) in [7, 11) is 0. The molecule has 1 amide bonds. The van der Waals surface area contributed by atoms with Crippen LogP contribution in [0.3, 0.4) is 0 Å². The lowest BCUT2D eigenvalue weighted by Crippen LogP contribution is -2.46. The lowest BCUT2D eigenvalue weighted by Gasteiger charge is -2.46. The van der Waals surface area contributed by atoms with Crippen molar-refractivity contribution in [1.29, 1.82) is 0 Å². The lowest BCUT2D eigenvalue weighted by molar-refractivity contribution is -0.153. The summed E-state index contributed by atoms with van der Waals surface area (Å²) in [4.78, 5) is 25.5. The minimum atomic E-state index is -1.62. The van der Waals surface area contributed by atoms with Crippen molar-refractivity contribution in [2.45, 2.75) is 70.0 Å². The fraction of sp³-hybridized carbons (Fsp3) is 0.667. The van der Waals surface area contributed by atoms with Gasteiger partial charge in [-0.15, -0.1) is 0 Å². The molecule has 1 N–H and O–H groups in total. The average molecular weight is 452 g/mol. The number of piperidine rings is 1. The number of carbonyl (C=O) groups is 2. The van der Waals surface area contributed by atoms with E-state index in [4.69, 9.17) is 14.6 Å². The largest absolute Gasteiger partial charge is 0.477 e. The van der Waals surface area contributed by atoms with E-state index < -0.39 is 23.2 Å². The zero-order valence-corrected chi connectivity index (χ0v) is 18.4. The molecule has 3 saturated heterocycles. The van der Waals surface area contributed by atoms with Crippen LogP contribution < -0.4 is 0 Å². The first-order chi connectivity index (χ1) is 15.3. The van der Waals surface area contributed by atoms with Crippen LogP contribution in [0.5, 0.6) is 0 Å². The zero-order valence-electron chi connectivity index (χ0n) is 18.4. The van der Waals surface area contributed by atoms with Gasteiger partial charge in [0.1, 0.15) is 17.2 Å². The molecule has 32 heavy (non-hydrogen) atoms. The maximum Gasteiger partial charge on any atom is 0.341 e. The molecule has 1 aliphatic carbocycles. The Labute approximate surface area is 186 Å². The summed E-state index contributed by atoms with van der Waals surface area (Å²) in [5.41, 5.74) is -0.384. The molecule has 4 fully saturated rings. The average Bonchev–Trinajstić information content (AvgIpc) is 2.78. The third-order valence-corrected chi connectivity index (χ3v) is 7.35. The fourth-order valence-electron chi connectivity index (χ4n) is 5.24. The van der Waals surface area contributed by atoms with Gasteiger partial charge in [-0.25, -0.2) is 13.6 Å². The lowest BCUT2D eigenvalue weighted by atomic mass is 9.72. The summed E-state index contributed by atoms with van der Waals surface area (Å²) in [6.45, 7) is 4.30. The van der Waals surface area contributed by atoms with Crippen molar-refractivity contribution in [2.75, 3.05) is 26.3 Å². The summed E-state index contributed by atoms with van der Waals surface area (Å²) in [6.07, 6.45) is 6.14. The molecule has 8 heteroatoms. The Bertz CT molecular complexity index is 823.